The van der Waals surface area contributed by atoms with Crippen LogP contribution in [0.3, 0.4) is 0 Å². The monoisotopic (exact) mass is 492 g/mol. The summed E-state index contributed by atoms with van der Waals surface area (Å²) in [5.74, 6) is 2.37. The zero-order valence-corrected chi connectivity index (χ0v) is 22.3. The van der Waals surface area contributed by atoms with Crippen LogP contribution in [0.2, 0.25) is 0 Å². The van der Waals surface area contributed by atoms with Crippen LogP contribution in [0.4, 0.5) is 5.69 Å². The van der Waals surface area contributed by atoms with Crippen LogP contribution in [0.5, 0.6) is 0 Å². The molecule has 3 unspecified atom stereocenters. The van der Waals surface area contributed by atoms with Gasteiger partial charge >= 0.3 is 5.97 Å². The van der Waals surface area contributed by atoms with Gasteiger partial charge in [0.05, 0.1) is 18.7 Å². The third kappa shape index (κ3) is 4.96. The van der Waals surface area contributed by atoms with Gasteiger partial charge in [0, 0.05) is 29.0 Å². The number of rotatable bonds is 8. The molecule has 194 valence electrons. The number of carbonyl (C=O) groups excluding carboxylic acids is 2. The van der Waals surface area contributed by atoms with E-state index in [9.17, 15) is 9.59 Å². The van der Waals surface area contributed by atoms with Gasteiger partial charge in [-0.1, -0.05) is 36.7 Å². The van der Waals surface area contributed by atoms with Gasteiger partial charge in [-0.15, -0.1) is 0 Å². The van der Waals surface area contributed by atoms with Crippen LogP contribution in [0.15, 0.2) is 22.7 Å². The molecule has 0 aliphatic heterocycles. The van der Waals surface area contributed by atoms with Crippen molar-refractivity contribution >= 4 is 17.6 Å². The number of nitrogens with zero attached hydrogens (tertiary/aromatic N) is 1. The lowest BCUT2D eigenvalue weighted by atomic mass is 9.69. The molecule has 0 bridgehead atoms. The summed E-state index contributed by atoms with van der Waals surface area (Å²) in [6, 6.07) is 6.03. The molecule has 5 rings (SSSR count). The largest absolute Gasteiger partial charge is 0.469 e. The predicted molar refractivity (Wildman–Crippen MR) is 139 cm³/mol. The Hall–Kier alpha value is -2.63. The molecule has 1 N–H and O–H groups in total. The molecule has 3 saturated carbocycles. The molecule has 1 heterocycles. The van der Waals surface area contributed by atoms with Gasteiger partial charge in [0.1, 0.15) is 5.76 Å². The number of anilines is 1. The summed E-state index contributed by atoms with van der Waals surface area (Å²) in [6.07, 6.45) is 6.94. The van der Waals surface area contributed by atoms with Crippen molar-refractivity contribution in [2.24, 2.45) is 23.7 Å². The van der Waals surface area contributed by atoms with Crippen LogP contribution in [0, 0.1) is 37.5 Å². The zero-order valence-electron chi connectivity index (χ0n) is 22.3. The van der Waals surface area contributed by atoms with Gasteiger partial charge in [0.2, 0.25) is 5.91 Å². The summed E-state index contributed by atoms with van der Waals surface area (Å²) in [6.45, 7) is 8.63. The minimum atomic E-state index is -0.347. The third-order valence-corrected chi connectivity index (χ3v) is 8.61. The molecule has 1 amide bonds. The van der Waals surface area contributed by atoms with Crippen molar-refractivity contribution in [3.05, 3.63) is 46.3 Å². The maximum atomic E-state index is 13.6. The second-order valence-corrected chi connectivity index (χ2v) is 12.0. The maximum Gasteiger partial charge on any atom is 0.308 e. The number of carbonyl (C=O) groups is 2. The first-order chi connectivity index (χ1) is 17.2. The number of hydrogen-bond donors (Lipinski definition) is 1. The first-order valence-corrected chi connectivity index (χ1v) is 13.7. The van der Waals surface area contributed by atoms with E-state index in [-0.39, 0.29) is 29.6 Å². The molecule has 0 radical (unpaired) electrons. The Morgan fingerprint density at radius 1 is 1.11 bits per heavy atom. The first-order valence-electron chi connectivity index (χ1n) is 13.7. The molecular formula is C30H40N2O4. The van der Waals surface area contributed by atoms with E-state index in [0.29, 0.717) is 30.6 Å². The van der Waals surface area contributed by atoms with Crippen LogP contribution < -0.4 is 5.32 Å². The fourth-order valence-electron chi connectivity index (χ4n) is 6.64. The van der Waals surface area contributed by atoms with Gasteiger partial charge in [-0.3, -0.25) is 9.59 Å². The fraction of sp³-hybridized carbons (Fsp3) is 0.633. The second kappa shape index (κ2) is 10.0. The molecule has 6 heteroatoms. The summed E-state index contributed by atoms with van der Waals surface area (Å²) >= 11 is 0. The highest BCUT2D eigenvalue weighted by atomic mass is 16.5. The highest BCUT2D eigenvalue weighted by Gasteiger charge is 2.48. The average Bonchev–Trinajstić information content (AvgIpc) is 3.40. The Morgan fingerprint density at radius 2 is 1.86 bits per heavy atom. The van der Waals surface area contributed by atoms with Crippen molar-refractivity contribution in [3.63, 3.8) is 0 Å². The summed E-state index contributed by atoms with van der Waals surface area (Å²) < 4.78 is 11.2. The van der Waals surface area contributed by atoms with Crippen molar-refractivity contribution < 1.29 is 18.8 Å². The first kappa shape index (κ1) is 25.0. The van der Waals surface area contributed by atoms with Gasteiger partial charge in [0.15, 0.2) is 0 Å². The normalized spacial score (nSPS) is 27.7. The molecular weight excluding hydrogens is 452 g/mol. The van der Waals surface area contributed by atoms with Gasteiger partial charge in [-0.25, -0.2) is 0 Å². The van der Waals surface area contributed by atoms with E-state index >= 15 is 0 Å². The van der Waals surface area contributed by atoms with E-state index in [0.717, 1.165) is 47.0 Å². The fourth-order valence-corrected chi connectivity index (χ4v) is 6.64. The van der Waals surface area contributed by atoms with Gasteiger partial charge < -0.3 is 14.6 Å². The topological polar surface area (TPSA) is 81.4 Å². The number of nitrogens with one attached hydrogen (secondary N) is 1. The molecule has 6 nitrogen and oxygen atoms in total. The van der Waals surface area contributed by atoms with Crippen LogP contribution >= 0.6 is 0 Å². The molecule has 2 aromatic rings. The quantitative estimate of drug-likeness (QED) is 0.418. The lowest BCUT2D eigenvalue weighted by molar-refractivity contribution is -0.145. The summed E-state index contributed by atoms with van der Waals surface area (Å²) in [5.41, 5.74) is 5.19. The van der Waals surface area contributed by atoms with E-state index in [1.807, 2.05) is 26.0 Å². The number of aryl methyl sites for hydroxylation is 2. The van der Waals surface area contributed by atoms with Crippen molar-refractivity contribution in [2.45, 2.75) is 90.4 Å². The Morgan fingerprint density at radius 3 is 2.50 bits per heavy atom. The molecule has 3 aliphatic rings. The van der Waals surface area contributed by atoms with Crippen molar-refractivity contribution in [3.8, 4) is 0 Å². The highest BCUT2D eigenvalue weighted by Crippen LogP contribution is 2.55. The number of ether oxygens (including phenoxy) is 1. The van der Waals surface area contributed by atoms with Crippen LogP contribution in [-0.4, -0.2) is 24.1 Å². The summed E-state index contributed by atoms with van der Waals surface area (Å²) in [4.78, 5) is 26.2. The molecule has 1 aromatic heterocycles. The molecule has 0 saturated heterocycles. The van der Waals surface area contributed by atoms with Gasteiger partial charge in [-0.05, 0) is 88.2 Å². The van der Waals surface area contributed by atoms with Gasteiger partial charge in [-0.2, -0.15) is 0 Å². The van der Waals surface area contributed by atoms with Gasteiger partial charge in [0.25, 0.3) is 0 Å². The van der Waals surface area contributed by atoms with E-state index in [1.165, 1.54) is 31.9 Å². The third-order valence-electron chi connectivity index (χ3n) is 8.61. The zero-order chi connectivity index (χ0) is 25.6. The lowest BCUT2D eigenvalue weighted by Crippen LogP contribution is -2.26. The van der Waals surface area contributed by atoms with E-state index in [2.05, 4.69) is 30.4 Å². The summed E-state index contributed by atoms with van der Waals surface area (Å²) in [5, 5.41) is 7.78. The Kier molecular flexibility index (Phi) is 6.97. The van der Waals surface area contributed by atoms with Crippen molar-refractivity contribution in [2.75, 3.05) is 12.4 Å². The number of amides is 1. The molecule has 0 spiro atoms. The molecule has 3 aliphatic carbocycles. The number of aromatic nitrogens is 1. The second-order valence-electron chi connectivity index (χ2n) is 12.0. The standard InChI is InChI=1S/C30H40N2O4/c1-16(2)10-19-12-21(13-19)28-26(20-7-8-20)27(32-36-28)23-14-22(30(34)35-5)15-24(23)29(33)31-25-9-6-17(3)11-18(25)4/h6,9,11,16,19-24H,7-8,10,12-15H2,1-5H3,(H,31,33). The molecule has 36 heavy (non-hydrogen) atoms. The molecule has 3 atom stereocenters. The number of benzene rings is 1. The van der Waals surface area contributed by atoms with Crippen LogP contribution in [-0.2, 0) is 14.3 Å². The van der Waals surface area contributed by atoms with E-state index in [4.69, 9.17) is 9.26 Å². The Bertz CT molecular complexity index is 1130. The van der Waals surface area contributed by atoms with Crippen molar-refractivity contribution in [1.82, 2.24) is 5.16 Å². The maximum absolute atomic E-state index is 13.6. The number of methoxy groups -OCH3 is 1. The smallest absolute Gasteiger partial charge is 0.308 e. The highest BCUT2D eigenvalue weighted by molar-refractivity contribution is 5.94. The molecule has 1 aromatic carbocycles. The minimum absolute atomic E-state index is 0.0507. The van der Waals surface area contributed by atoms with Crippen molar-refractivity contribution in [1.29, 1.82) is 0 Å². The Balaban J connectivity index is 1.41. The number of esters is 1. The van der Waals surface area contributed by atoms with E-state index < -0.39 is 0 Å². The van der Waals surface area contributed by atoms with Crippen LogP contribution in [0.1, 0.15) is 105 Å². The van der Waals surface area contributed by atoms with E-state index in [1.54, 1.807) is 0 Å². The average molecular weight is 493 g/mol. The Labute approximate surface area is 214 Å². The predicted octanol–water partition coefficient (Wildman–Crippen LogP) is 6.63. The molecule has 3 fully saturated rings. The lowest BCUT2D eigenvalue weighted by Gasteiger charge is -2.35. The number of hydrogen-bond acceptors (Lipinski definition) is 5. The van der Waals surface area contributed by atoms with Crippen LogP contribution in [0.25, 0.3) is 0 Å². The summed E-state index contributed by atoms with van der Waals surface area (Å²) in [7, 11) is 1.43. The minimum Gasteiger partial charge on any atom is -0.469 e. The SMILES string of the molecule is COC(=O)C1CC(C(=O)Nc2ccc(C)cc2C)C(c2noc(C3CC(CC(C)C)C3)c2C2CC2)C1.